The van der Waals surface area contributed by atoms with Crippen LogP contribution in [0, 0.1) is 20.8 Å². The molecule has 106 valence electrons. The number of rotatable bonds is 4. The largest absolute Gasteiger partial charge is 0.361 e. The van der Waals surface area contributed by atoms with E-state index in [0.717, 1.165) is 5.56 Å². The molecule has 0 spiro atoms. The third-order valence-corrected chi connectivity index (χ3v) is 4.02. The highest BCUT2D eigenvalue weighted by Crippen LogP contribution is 2.11. The summed E-state index contributed by atoms with van der Waals surface area (Å²) in [5.41, 5.74) is 2.31. The Balaban J connectivity index is 2.16. The summed E-state index contributed by atoms with van der Waals surface area (Å²) in [6, 6.07) is 6.52. The molecule has 0 radical (unpaired) electrons. The van der Waals surface area contributed by atoms with Gasteiger partial charge >= 0.3 is 0 Å². The van der Waals surface area contributed by atoms with Gasteiger partial charge in [0, 0.05) is 0 Å². The van der Waals surface area contributed by atoms with Crippen LogP contribution in [0.1, 0.15) is 22.6 Å². The summed E-state index contributed by atoms with van der Waals surface area (Å²) >= 11 is 0. The molecule has 0 aliphatic carbocycles. The molecule has 0 aliphatic rings. The second kappa shape index (κ2) is 5.46. The Morgan fingerprint density at radius 3 is 2.40 bits per heavy atom. The van der Waals surface area contributed by atoms with Crippen LogP contribution in [-0.2, 0) is 10.0 Å². The van der Waals surface area contributed by atoms with E-state index in [1.165, 1.54) is 18.3 Å². The van der Waals surface area contributed by atoms with Gasteiger partial charge < -0.3 is 4.52 Å². The zero-order valence-electron chi connectivity index (χ0n) is 11.4. The van der Waals surface area contributed by atoms with E-state index < -0.39 is 10.0 Å². The molecule has 1 N–H and O–H groups in total. The van der Waals surface area contributed by atoms with Gasteiger partial charge in [-0.05, 0) is 32.9 Å². The maximum absolute atomic E-state index is 12.0. The number of hydrogen-bond donors (Lipinski definition) is 1. The topological polar surface area (TPSA) is 84.6 Å². The number of nitrogens with zero attached hydrogens (tertiary/aromatic N) is 2. The van der Waals surface area contributed by atoms with Crippen molar-refractivity contribution in [1.29, 1.82) is 0 Å². The van der Waals surface area contributed by atoms with Crippen molar-refractivity contribution < 1.29 is 12.9 Å². The Hall–Kier alpha value is -2.15. The van der Waals surface area contributed by atoms with Gasteiger partial charge in [-0.25, -0.2) is 4.83 Å². The van der Waals surface area contributed by atoms with Gasteiger partial charge in [0.15, 0.2) is 0 Å². The number of hydrogen-bond acceptors (Lipinski definition) is 5. The molecule has 0 aliphatic heterocycles. The van der Waals surface area contributed by atoms with Gasteiger partial charge in [0.2, 0.25) is 0 Å². The highest BCUT2D eigenvalue weighted by molar-refractivity contribution is 7.89. The van der Waals surface area contributed by atoms with E-state index in [1.54, 1.807) is 26.0 Å². The molecule has 6 nitrogen and oxygen atoms in total. The normalized spacial score (nSPS) is 11.9. The minimum atomic E-state index is -3.65. The van der Waals surface area contributed by atoms with E-state index in [0.29, 0.717) is 17.0 Å². The summed E-state index contributed by atoms with van der Waals surface area (Å²) in [5.74, 6) is 0.584. The fourth-order valence-electron chi connectivity index (χ4n) is 1.60. The van der Waals surface area contributed by atoms with E-state index >= 15 is 0 Å². The zero-order valence-corrected chi connectivity index (χ0v) is 12.2. The van der Waals surface area contributed by atoms with Crippen molar-refractivity contribution in [2.45, 2.75) is 25.7 Å². The Bertz CT molecular complexity index is 711. The average molecular weight is 293 g/mol. The number of aryl methyl sites for hydroxylation is 3. The minimum Gasteiger partial charge on any atom is -0.361 e. The summed E-state index contributed by atoms with van der Waals surface area (Å²) < 4.78 is 28.9. The summed E-state index contributed by atoms with van der Waals surface area (Å²) in [4.78, 5) is 2.33. The van der Waals surface area contributed by atoms with E-state index in [1.807, 2.05) is 6.92 Å². The summed E-state index contributed by atoms with van der Waals surface area (Å²) in [6.07, 6.45) is 1.38. The summed E-state index contributed by atoms with van der Waals surface area (Å²) in [7, 11) is -3.65. The van der Waals surface area contributed by atoms with E-state index in [9.17, 15) is 8.42 Å². The van der Waals surface area contributed by atoms with E-state index in [2.05, 4.69) is 15.1 Å². The number of benzene rings is 1. The van der Waals surface area contributed by atoms with Crippen LogP contribution < -0.4 is 4.83 Å². The van der Waals surface area contributed by atoms with Gasteiger partial charge in [0.05, 0.1) is 22.4 Å². The number of aromatic nitrogens is 1. The Labute approximate surface area is 117 Å². The third-order valence-electron chi connectivity index (χ3n) is 2.79. The molecule has 2 rings (SSSR count). The first-order chi connectivity index (χ1) is 9.40. The lowest BCUT2D eigenvalue weighted by atomic mass is 10.2. The SMILES string of the molecule is Cc1ccc(S(=O)(=O)N/N=C/c2c(C)noc2C)cc1. The van der Waals surface area contributed by atoms with Gasteiger partial charge in [-0.2, -0.15) is 13.5 Å². The molecule has 1 aromatic heterocycles. The molecule has 0 saturated heterocycles. The second-order valence-electron chi connectivity index (χ2n) is 4.40. The Morgan fingerprint density at radius 2 is 1.85 bits per heavy atom. The van der Waals surface area contributed by atoms with Crippen molar-refractivity contribution in [3.8, 4) is 0 Å². The van der Waals surface area contributed by atoms with Crippen LogP contribution in [0.3, 0.4) is 0 Å². The standard InChI is InChI=1S/C13H15N3O3S/c1-9-4-6-12(7-5-9)20(17,18)16-14-8-13-10(2)15-19-11(13)3/h4-8,16H,1-3H3/b14-8+. The van der Waals surface area contributed by atoms with Gasteiger partial charge in [-0.15, -0.1) is 0 Å². The zero-order chi connectivity index (χ0) is 14.8. The predicted molar refractivity (Wildman–Crippen MR) is 75.1 cm³/mol. The maximum Gasteiger partial charge on any atom is 0.276 e. The lowest BCUT2D eigenvalue weighted by Crippen LogP contribution is -2.18. The summed E-state index contributed by atoms with van der Waals surface area (Å²) in [6.45, 7) is 5.38. The molecule has 0 saturated carbocycles. The van der Waals surface area contributed by atoms with Crippen molar-refractivity contribution in [2.24, 2.45) is 5.10 Å². The number of nitrogens with one attached hydrogen (secondary N) is 1. The van der Waals surface area contributed by atoms with Crippen molar-refractivity contribution in [2.75, 3.05) is 0 Å². The van der Waals surface area contributed by atoms with Crippen molar-refractivity contribution >= 4 is 16.2 Å². The molecule has 2 aromatic rings. The predicted octanol–water partition coefficient (Wildman–Crippen LogP) is 1.91. The first-order valence-electron chi connectivity index (χ1n) is 5.94. The molecular formula is C13H15N3O3S. The van der Waals surface area contributed by atoms with Crippen LogP contribution in [0.2, 0.25) is 0 Å². The molecule has 0 unspecified atom stereocenters. The monoisotopic (exact) mass is 293 g/mol. The molecule has 7 heteroatoms. The van der Waals surface area contributed by atoms with E-state index in [-0.39, 0.29) is 4.90 Å². The lowest BCUT2D eigenvalue weighted by molar-refractivity contribution is 0.393. The second-order valence-corrected chi connectivity index (χ2v) is 6.06. The van der Waals surface area contributed by atoms with Gasteiger partial charge in [0.25, 0.3) is 10.0 Å². The smallest absolute Gasteiger partial charge is 0.276 e. The van der Waals surface area contributed by atoms with Crippen LogP contribution in [0.4, 0.5) is 0 Å². The van der Waals surface area contributed by atoms with Crippen molar-refractivity contribution in [3.05, 3.63) is 46.8 Å². The van der Waals surface area contributed by atoms with Crippen LogP contribution in [0.15, 0.2) is 38.8 Å². The number of sulfonamides is 1. The molecule has 1 aromatic carbocycles. The highest BCUT2D eigenvalue weighted by atomic mass is 32.2. The molecular weight excluding hydrogens is 278 g/mol. The average Bonchev–Trinajstić information content (AvgIpc) is 2.71. The van der Waals surface area contributed by atoms with E-state index in [4.69, 9.17) is 4.52 Å². The fraction of sp³-hybridized carbons (Fsp3) is 0.231. The molecule has 20 heavy (non-hydrogen) atoms. The Kier molecular flexibility index (Phi) is 3.89. The van der Waals surface area contributed by atoms with Crippen molar-refractivity contribution in [1.82, 2.24) is 9.99 Å². The van der Waals surface area contributed by atoms with Crippen LogP contribution in [0.5, 0.6) is 0 Å². The van der Waals surface area contributed by atoms with Gasteiger partial charge in [0.1, 0.15) is 5.76 Å². The maximum atomic E-state index is 12.0. The fourth-order valence-corrected chi connectivity index (χ4v) is 2.40. The molecule has 0 fully saturated rings. The molecule has 0 amide bonds. The summed E-state index contributed by atoms with van der Waals surface area (Å²) in [5, 5.41) is 7.50. The molecule has 0 atom stereocenters. The van der Waals surface area contributed by atoms with Gasteiger partial charge in [-0.3, -0.25) is 0 Å². The first-order valence-corrected chi connectivity index (χ1v) is 7.43. The quantitative estimate of drug-likeness (QED) is 0.689. The molecule has 1 heterocycles. The first kappa shape index (κ1) is 14.3. The number of hydrazone groups is 1. The van der Waals surface area contributed by atoms with Gasteiger partial charge in [-0.1, -0.05) is 22.9 Å². The minimum absolute atomic E-state index is 0.166. The Morgan fingerprint density at radius 1 is 1.20 bits per heavy atom. The highest BCUT2D eigenvalue weighted by Gasteiger charge is 2.12. The van der Waals surface area contributed by atoms with Crippen LogP contribution in [0.25, 0.3) is 0 Å². The van der Waals surface area contributed by atoms with Crippen molar-refractivity contribution in [3.63, 3.8) is 0 Å². The lowest BCUT2D eigenvalue weighted by Gasteiger charge is -2.03. The third kappa shape index (κ3) is 3.05. The molecule has 0 bridgehead atoms. The van der Waals surface area contributed by atoms with Crippen LogP contribution in [-0.4, -0.2) is 19.8 Å². The van der Waals surface area contributed by atoms with Crippen LogP contribution >= 0.6 is 0 Å².